The molecule has 0 amide bonds. The first kappa shape index (κ1) is 10.2. The van der Waals surface area contributed by atoms with Crippen molar-refractivity contribution in [3.63, 3.8) is 0 Å². The molecule has 0 saturated heterocycles. The average molecular weight is 181 g/mol. The number of rotatable bonds is 5. The van der Waals surface area contributed by atoms with E-state index in [4.69, 9.17) is 9.47 Å². The van der Waals surface area contributed by atoms with E-state index in [1.54, 1.807) is 7.11 Å². The summed E-state index contributed by atoms with van der Waals surface area (Å²) in [5.41, 5.74) is 2.13. The van der Waals surface area contributed by atoms with Crippen LogP contribution < -0.4 is 0 Å². The van der Waals surface area contributed by atoms with Crippen molar-refractivity contribution >= 4 is 0 Å². The standard InChI is InChI=1S/C10H15NO2/c1-9-3-4-10(11-7-9)8-13-6-5-12-2/h3-4,7H,5-6,8H2,1-2H3. The van der Waals surface area contributed by atoms with Crippen LogP contribution in [0.1, 0.15) is 11.3 Å². The Kier molecular flexibility index (Phi) is 4.43. The van der Waals surface area contributed by atoms with Crippen LogP contribution in [0.2, 0.25) is 0 Å². The lowest BCUT2D eigenvalue weighted by atomic mass is 10.3. The summed E-state index contributed by atoms with van der Waals surface area (Å²) in [6.07, 6.45) is 1.84. The smallest absolute Gasteiger partial charge is 0.0889 e. The molecule has 0 aromatic carbocycles. The number of pyridine rings is 1. The second-order valence-corrected chi connectivity index (χ2v) is 2.87. The number of ether oxygens (including phenoxy) is 2. The van der Waals surface area contributed by atoms with Crippen molar-refractivity contribution in [1.82, 2.24) is 4.98 Å². The van der Waals surface area contributed by atoms with Crippen LogP contribution in [-0.4, -0.2) is 25.3 Å². The zero-order valence-corrected chi connectivity index (χ0v) is 8.12. The lowest BCUT2D eigenvalue weighted by Gasteiger charge is -2.02. The summed E-state index contributed by atoms with van der Waals surface area (Å²) in [6, 6.07) is 4.00. The maximum Gasteiger partial charge on any atom is 0.0889 e. The highest BCUT2D eigenvalue weighted by atomic mass is 16.5. The molecule has 3 heteroatoms. The first-order valence-corrected chi connectivity index (χ1v) is 4.31. The molecule has 0 bridgehead atoms. The largest absolute Gasteiger partial charge is 0.382 e. The Bertz CT molecular complexity index is 233. The van der Waals surface area contributed by atoms with Gasteiger partial charge in [0.05, 0.1) is 25.5 Å². The summed E-state index contributed by atoms with van der Waals surface area (Å²) in [5.74, 6) is 0. The van der Waals surface area contributed by atoms with Crippen molar-refractivity contribution in [2.75, 3.05) is 20.3 Å². The highest BCUT2D eigenvalue weighted by molar-refractivity contribution is 5.11. The molecule has 1 heterocycles. The van der Waals surface area contributed by atoms with E-state index in [0.29, 0.717) is 19.8 Å². The van der Waals surface area contributed by atoms with Crippen molar-refractivity contribution in [3.8, 4) is 0 Å². The minimum absolute atomic E-state index is 0.559. The first-order chi connectivity index (χ1) is 6.33. The topological polar surface area (TPSA) is 31.4 Å². The van der Waals surface area contributed by atoms with Crippen LogP contribution in [0, 0.1) is 6.92 Å². The van der Waals surface area contributed by atoms with Crippen molar-refractivity contribution in [2.45, 2.75) is 13.5 Å². The molecule has 0 saturated carbocycles. The third-order valence-electron chi connectivity index (χ3n) is 1.65. The summed E-state index contributed by atoms with van der Waals surface area (Å²) in [5, 5.41) is 0. The van der Waals surface area contributed by atoms with E-state index >= 15 is 0 Å². The Morgan fingerprint density at radius 2 is 2.15 bits per heavy atom. The molecule has 13 heavy (non-hydrogen) atoms. The Morgan fingerprint density at radius 1 is 1.31 bits per heavy atom. The third-order valence-corrected chi connectivity index (χ3v) is 1.65. The molecule has 0 N–H and O–H groups in total. The predicted molar refractivity (Wildman–Crippen MR) is 50.5 cm³/mol. The van der Waals surface area contributed by atoms with Gasteiger partial charge >= 0.3 is 0 Å². The zero-order valence-electron chi connectivity index (χ0n) is 8.12. The van der Waals surface area contributed by atoms with Gasteiger partial charge in [0, 0.05) is 13.3 Å². The van der Waals surface area contributed by atoms with Gasteiger partial charge in [0.1, 0.15) is 0 Å². The van der Waals surface area contributed by atoms with Crippen LogP contribution in [-0.2, 0) is 16.1 Å². The number of aryl methyl sites for hydroxylation is 1. The summed E-state index contributed by atoms with van der Waals surface area (Å²) in [4.78, 5) is 4.21. The molecule has 0 spiro atoms. The highest BCUT2D eigenvalue weighted by Gasteiger charge is 1.93. The molecule has 1 aromatic heterocycles. The van der Waals surface area contributed by atoms with E-state index in [0.717, 1.165) is 5.69 Å². The van der Waals surface area contributed by atoms with Gasteiger partial charge in [-0.15, -0.1) is 0 Å². The van der Waals surface area contributed by atoms with Crippen molar-refractivity contribution in [3.05, 3.63) is 29.6 Å². The van der Waals surface area contributed by atoms with Crippen LogP contribution >= 0.6 is 0 Å². The Hall–Kier alpha value is -0.930. The highest BCUT2D eigenvalue weighted by Crippen LogP contribution is 1.99. The quantitative estimate of drug-likeness (QED) is 0.646. The average Bonchev–Trinajstić information content (AvgIpc) is 2.15. The number of methoxy groups -OCH3 is 1. The van der Waals surface area contributed by atoms with Gasteiger partial charge < -0.3 is 9.47 Å². The van der Waals surface area contributed by atoms with Crippen LogP contribution in [0.3, 0.4) is 0 Å². The number of hydrogen-bond acceptors (Lipinski definition) is 3. The molecule has 72 valence electrons. The Morgan fingerprint density at radius 3 is 2.77 bits per heavy atom. The lowest BCUT2D eigenvalue weighted by molar-refractivity contribution is 0.0602. The summed E-state index contributed by atoms with van der Waals surface area (Å²) < 4.78 is 10.2. The monoisotopic (exact) mass is 181 g/mol. The van der Waals surface area contributed by atoms with Crippen LogP contribution in [0.15, 0.2) is 18.3 Å². The number of aromatic nitrogens is 1. The fourth-order valence-electron chi connectivity index (χ4n) is 0.903. The van der Waals surface area contributed by atoms with Gasteiger partial charge in [-0.2, -0.15) is 0 Å². The van der Waals surface area contributed by atoms with Gasteiger partial charge in [-0.05, 0) is 18.6 Å². The summed E-state index contributed by atoms with van der Waals surface area (Å²) in [6.45, 7) is 3.82. The Labute approximate surface area is 78.7 Å². The molecular formula is C10H15NO2. The van der Waals surface area contributed by atoms with E-state index in [-0.39, 0.29) is 0 Å². The minimum Gasteiger partial charge on any atom is -0.382 e. The van der Waals surface area contributed by atoms with Gasteiger partial charge in [-0.1, -0.05) is 6.07 Å². The molecular weight excluding hydrogens is 166 g/mol. The van der Waals surface area contributed by atoms with Crippen LogP contribution in [0.5, 0.6) is 0 Å². The van der Waals surface area contributed by atoms with E-state index in [1.165, 1.54) is 5.56 Å². The molecule has 0 aliphatic carbocycles. The van der Waals surface area contributed by atoms with Crippen molar-refractivity contribution in [2.24, 2.45) is 0 Å². The maximum absolute atomic E-state index is 5.31. The van der Waals surface area contributed by atoms with E-state index < -0.39 is 0 Å². The van der Waals surface area contributed by atoms with Gasteiger partial charge in [0.2, 0.25) is 0 Å². The fourth-order valence-corrected chi connectivity index (χ4v) is 0.903. The molecule has 0 aliphatic heterocycles. The van der Waals surface area contributed by atoms with Crippen LogP contribution in [0.4, 0.5) is 0 Å². The normalized spacial score (nSPS) is 10.3. The molecule has 0 radical (unpaired) electrons. The maximum atomic E-state index is 5.31. The molecule has 0 atom stereocenters. The molecule has 0 aliphatic rings. The molecule has 3 nitrogen and oxygen atoms in total. The number of nitrogens with zero attached hydrogens (tertiary/aromatic N) is 1. The Balaban J connectivity index is 2.25. The zero-order chi connectivity index (χ0) is 9.52. The predicted octanol–water partition coefficient (Wildman–Crippen LogP) is 1.55. The molecule has 1 aromatic rings. The second kappa shape index (κ2) is 5.67. The third kappa shape index (κ3) is 4.01. The van der Waals surface area contributed by atoms with Crippen LogP contribution in [0.25, 0.3) is 0 Å². The summed E-state index contributed by atoms with van der Waals surface area (Å²) in [7, 11) is 1.66. The van der Waals surface area contributed by atoms with E-state index in [1.807, 2.05) is 25.3 Å². The van der Waals surface area contributed by atoms with E-state index in [2.05, 4.69) is 4.98 Å². The fraction of sp³-hybridized carbons (Fsp3) is 0.500. The molecule has 0 fully saturated rings. The lowest BCUT2D eigenvalue weighted by Crippen LogP contribution is -2.02. The molecule has 1 rings (SSSR count). The molecule has 0 unspecified atom stereocenters. The van der Waals surface area contributed by atoms with Crippen molar-refractivity contribution in [1.29, 1.82) is 0 Å². The van der Waals surface area contributed by atoms with Gasteiger partial charge in [0.15, 0.2) is 0 Å². The van der Waals surface area contributed by atoms with E-state index in [9.17, 15) is 0 Å². The van der Waals surface area contributed by atoms with Crippen molar-refractivity contribution < 1.29 is 9.47 Å². The van der Waals surface area contributed by atoms with Gasteiger partial charge in [-0.25, -0.2) is 0 Å². The minimum atomic E-state index is 0.559. The summed E-state index contributed by atoms with van der Waals surface area (Å²) >= 11 is 0. The van der Waals surface area contributed by atoms with Gasteiger partial charge in [-0.3, -0.25) is 4.98 Å². The second-order valence-electron chi connectivity index (χ2n) is 2.87. The first-order valence-electron chi connectivity index (χ1n) is 4.31. The van der Waals surface area contributed by atoms with Gasteiger partial charge in [0.25, 0.3) is 0 Å². The number of hydrogen-bond donors (Lipinski definition) is 0. The SMILES string of the molecule is COCCOCc1ccc(C)cn1.